The molecule has 0 saturated carbocycles. The molecule has 3 heteroatoms. The van der Waals surface area contributed by atoms with Gasteiger partial charge in [0.15, 0.2) is 11.5 Å². The molecule has 2 aromatic rings. The molecule has 0 bridgehead atoms. The van der Waals surface area contributed by atoms with E-state index in [-0.39, 0.29) is 0 Å². The maximum atomic E-state index is 5.62. The number of benzene rings is 1. The molecule has 0 saturated heterocycles. The van der Waals surface area contributed by atoms with Crippen molar-refractivity contribution in [1.29, 1.82) is 0 Å². The third kappa shape index (κ3) is 1.37. The molecule has 1 aromatic carbocycles. The normalized spacial score (nSPS) is 11.3. The van der Waals surface area contributed by atoms with Crippen molar-refractivity contribution in [3.63, 3.8) is 0 Å². The van der Waals surface area contributed by atoms with E-state index in [1.807, 2.05) is 26.0 Å². The summed E-state index contributed by atoms with van der Waals surface area (Å²) >= 11 is 0. The lowest BCUT2D eigenvalue weighted by Gasteiger charge is -1.93. The summed E-state index contributed by atoms with van der Waals surface area (Å²) in [6.07, 6.45) is 0. The number of hydrogen-bond donors (Lipinski definition) is 1. The highest BCUT2D eigenvalue weighted by molar-refractivity contribution is 5.76. The average molecular weight is 176 g/mol. The molecule has 0 aliphatic carbocycles. The van der Waals surface area contributed by atoms with Crippen molar-refractivity contribution >= 4 is 16.8 Å². The van der Waals surface area contributed by atoms with Crippen LogP contribution in [-0.2, 0) is 0 Å². The van der Waals surface area contributed by atoms with Gasteiger partial charge in [0, 0.05) is 17.7 Å². The van der Waals surface area contributed by atoms with Gasteiger partial charge in [-0.2, -0.15) is 0 Å². The molecule has 0 aliphatic rings. The minimum atomic E-state index is 0.314. The Labute approximate surface area is 76.6 Å². The maximum absolute atomic E-state index is 5.62. The van der Waals surface area contributed by atoms with Crippen LogP contribution in [0, 0.1) is 0 Å². The summed E-state index contributed by atoms with van der Waals surface area (Å²) in [5.41, 5.74) is 7.97. The molecular weight excluding hydrogens is 164 g/mol. The lowest BCUT2D eigenvalue weighted by Crippen LogP contribution is -1.84. The number of rotatable bonds is 1. The van der Waals surface area contributed by atoms with Gasteiger partial charge >= 0.3 is 0 Å². The van der Waals surface area contributed by atoms with Crippen molar-refractivity contribution in [3.05, 3.63) is 24.1 Å². The van der Waals surface area contributed by atoms with Crippen LogP contribution in [0.25, 0.3) is 11.1 Å². The van der Waals surface area contributed by atoms with Gasteiger partial charge in [-0.1, -0.05) is 13.8 Å². The molecule has 0 unspecified atom stereocenters. The number of aromatic nitrogens is 1. The van der Waals surface area contributed by atoms with Crippen molar-refractivity contribution < 1.29 is 4.42 Å². The van der Waals surface area contributed by atoms with Crippen molar-refractivity contribution in [2.24, 2.45) is 0 Å². The summed E-state index contributed by atoms with van der Waals surface area (Å²) in [5.74, 6) is 1.08. The summed E-state index contributed by atoms with van der Waals surface area (Å²) in [6, 6.07) is 5.50. The zero-order valence-electron chi connectivity index (χ0n) is 7.74. The second-order valence-corrected chi connectivity index (χ2v) is 3.43. The molecule has 1 aromatic heterocycles. The Morgan fingerprint density at radius 2 is 2.15 bits per heavy atom. The number of nitrogens with zero attached hydrogens (tertiary/aromatic N) is 1. The number of nitrogens with two attached hydrogens (primary N) is 1. The molecule has 0 amide bonds. The van der Waals surface area contributed by atoms with Crippen molar-refractivity contribution in [3.8, 4) is 0 Å². The van der Waals surface area contributed by atoms with E-state index in [4.69, 9.17) is 10.2 Å². The van der Waals surface area contributed by atoms with E-state index in [0.717, 1.165) is 17.0 Å². The second kappa shape index (κ2) is 2.76. The smallest absolute Gasteiger partial charge is 0.198 e. The molecule has 0 radical (unpaired) electrons. The lowest BCUT2D eigenvalue weighted by molar-refractivity contribution is 0.501. The van der Waals surface area contributed by atoms with E-state index in [0.29, 0.717) is 11.6 Å². The maximum Gasteiger partial charge on any atom is 0.198 e. The third-order valence-electron chi connectivity index (χ3n) is 1.92. The zero-order valence-corrected chi connectivity index (χ0v) is 7.74. The van der Waals surface area contributed by atoms with Crippen molar-refractivity contribution in [1.82, 2.24) is 4.98 Å². The van der Waals surface area contributed by atoms with E-state index in [9.17, 15) is 0 Å². The average Bonchev–Trinajstić information content (AvgIpc) is 2.46. The van der Waals surface area contributed by atoms with Crippen LogP contribution in [0.2, 0.25) is 0 Å². The summed E-state index contributed by atoms with van der Waals surface area (Å²) < 4.78 is 5.52. The highest BCUT2D eigenvalue weighted by Crippen LogP contribution is 2.22. The summed E-state index contributed by atoms with van der Waals surface area (Å²) in [5, 5.41) is 0. The van der Waals surface area contributed by atoms with Gasteiger partial charge in [-0.25, -0.2) is 4.98 Å². The molecule has 68 valence electrons. The Balaban J connectivity index is 2.62. The Bertz CT molecular complexity index is 431. The van der Waals surface area contributed by atoms with Gasteiger partial charge in [-0.05, 0) is 12.1 Å². The summed E-state index contributed by atoms with van der Waals surface area (Å²) in [7, 11) is 0. The Morgan fingerprint density at radius 3 is 2.85 bits per heavy atom. The van der Waals surface area contributed by atoms with Gasteiger partial charge < -0.3 is 10.2 Å². The minimum absolute atomic E-state index is 0.314. The standard InChI is InChI=1S/C10H12N2O/c1-6(2)10-12-8-4-3-7(11)5-9(8)13-10/h3-6H,11H2,1-2H3. The zero-order chi connectivity index (χ0) is 9.42. The fourth-order valence-corrected chi connectivity index (χ4v) is 1.21. The van der Waals surface area contributed by atoms with Crippen LogP contribution in [-0.4, -0.2) is 4.98 Å². The van der Waals surface area contributed by atoms with Crippen LogP contribution < -0.4 is 5.73 Å². The number of nitrogen functional groups attached to an aromatic ring is 1. The predicted molar refractivity (Wildman–Crippen MR) is 52.5 cm³/mol. The van der Waals surface area contributed by atoms with Crippen molar-refractivity contribution in [2.45, 2.75) is 19.8 Å². The van der Waals surface area contributed by atoms with Crippen molar-refractivity contribution in [2.75, 3.05) is 5.73 Å². The topological polar surface area (TPSA) is 52.0 Å². The first-order valence-electron chi connectivity index (χ1n) is 4.33. The van der Waals surface area contributed by atoms with Gasteiger partial charge in [0.05, 0.1) is 0 Å². The second-order valence-electron chi connectivity index (χ2n) is 3.43. The molecule has 0 fully saturated rings. The Kier molecular flexibility index (Phi) is 1.72. The Hall–Kier alpha value is -1.51. The molecular formula is C10H12N2O. The largest absolute Gasteiger partial charge is 0.440 e. The fourth-order valence-electron chi connectivity index (χ4n) is 1.21. The SMILES string of the molecule is CC(C)c1nc2ccc(N)cc2o1. The number of oxazole rings is 1. The number of fused-ring (bicyclic) bond motifs is 1. The molecule has 0 aliphatic heterocycles. The summed E-state index contributed by atoms with van der Waals surface area (Å²) in [4.78, 5) is 4.33. The van der Waals surface area contributed by atoms with Crippen LogP contribution in [0.15, 0.2) is 22.6 Å². The highest BCUT2D eigenvalue weighted by atomic mass is 16.3. The first-order chi connectivity index (χ1) is 6.16. The van der Waals surface area contributed by atoms with E-state index >= 15 is 0 Å². The molecule has 2 rings (SSSR count). The molecule has 0 spiro atoms. The first kappa shape index (κ1) is 8.10. The predicted octanol–water partition coefficient (Wildman–Crippen LogP) is 2.53. The van der Waals surface area contributed by atoms with E-state index in [1.165, 1.54) is 0 Å². The van der Waals surface area contributed by atoms with E-state index < -0.39 is 0 Å². The molecule has 3 nitrogen and oxygen atoms in total. The van der Waals surface area contributed by atoms with Crippen LogP contribution >= 0.6 is 0 Å². The van der Waals surface area contributed by atoms with Gasteiger partial charge in [0.2, 0.25) is 0 Å². The van der Waals surface area contributed by atoms with Crippen LogP contribution in [0.3, 0.4) is 0 Å². The Morgan fingerprint density at radius 1 is 1.38 bits per heavy atom. The first-order valence-corrected chi connectivity index (χ1v) is 4.33. The number of anilines is 1. The number of hydrogen-bond acceptors (Lipinski definition) is 3. The minimum Gasteiger partial charge on any atom is -0.440 e. The van der Waals surface area contributed by atoms with E-state index in [1.54, 1.807) is 6.07 Å². The van der Waals surface area contributed by atoms with Gasteiger partial charge in [-0.3, -0.25) is 0 Å². The quantitative estimate of drug-likeness (QED) is 0.679. The van der Waals surface area contributed by atoms with E-state index in [2.05, 4.69) is 4.98 Å². The van der Waals surface area contributed by atoms with Gasteiger partial charge in [0.1, 0.15) is 5.52 Å². The fraction of sp³-hybridized carbons (Fsp3) is 0.300. The summed E-state index contributed by atoms with van der Waals surface area (Å²) in [6.45, 7) is 4.10. The van der Waals surface area contributed by atoms with Gasteiger partial charge in [-0.15, -0.1) is 0 Å². The van der Waals surface area contributed by atoms with Crippen LogP contribution in [0.4, 0.5) is 5.69 Å². The highest BCUT2D eigenvalue weighted by Gasteiger charge is 2.08. The lowest BCUT2D eigenvalue weighted by atomic mass is 10.2. The van der Waals surface area contributed by atoms with Crippen LogP contribution in [0.1, 0.15) is 25.7 Å². The molecule has 2 N–H and O–H groups in total. The molecule has 1 heterocycles. The molecule has 0 atom stereocenters. The third-order valence-corrected chi connectivity index (χ3v) is 1.92. The monoisotopic (exact) mass is 176 g/mol. The molecule has 13 heavy (non-hydrogen) atoms. The van der Waals surface area contributed by atoms with Gasteiger partial charge in [0.25, 0.3) is 0 Å². The van der Waals surface area contributed by atoms with Crippen LogP contribution in [0.5, 0.6) is 0 Å².